The molecule has 0 atom stereocenters. The number of hydrogen-bond acceptors (Lipinski definition) is 2. The van der Waals surface area contributed by atoms with Gasteiger partial charge in [0.2, 0.25) is 0 Å². The number of hydrogen-bond donors (Lipinski definition) is 0. The summed E-state index contributed by atoms with van der Waals surface area (Å²) in [7, 11) is 0. The second-order valence-corrected chi connectivity index (χ2v) is 3.61. The molecule has 1 aromatic carbocycles. The number of aryl methyl sites for hydroxylation is 1. The van der Waals surface area contributed by atoms with Gasteiger partial charge in [0, 0.05) is 6.07 Å². The molecule has 1 heterocycles. The van der Waals surface area contributed by atoms with Crippen molar-refractivity contribution >= 4 is 0 Å². The number of halogens is 3. The predicted molar refractivity (Wildman–Crippen MR) is 60.0 cm³/mol. The van der Waals surface area contributed by atoms with Gasteiger partial charge in [0.1, 0.15) is 5.75 Å². The predicted octanol–water partition coefficient (Wildman–Crippen LogP) is 3.85. The summed E-state index contributed by atoms with van der Waals surface area (Å²) >= 11 is 0. The van der Waals surface area contributed by atoms with E-state index < -0.39 is 23.5 Å². The summed E-state index contributed by atoms with van der Waals surface area (Å²) in [6, 6.07) is 7.33. The summed E-state index contributed by atoms with van der Waals surface area (Å²) in [5.74, 6) is -3.98. The first-order chi connectivity index (χ1) is 8.61. The van der Waals surface area contributed by atoms with Crippen LogP contribution in [0.3, 0.4) is 0 Å². The fraction of sp³-hybridized carbons (Fsp3) is 0.154. The lowest BCUT2D eigenvalue weighted by Crippen LogP contribution is -1.99. The van der Waals surface area contributed by atoms with Crippen LogP contribution in [0, 0.1) is 17.6 Å². The van der Waals surface area contributed by atoms with Crippen molar-refractivity contribution in [2.75, 3.05) is 0 Å². The minimum atomic E-state index is -1.39. The van der Waals surface area contributed by atoms with Gasteiger partial charge in [0.05, 0.1) is 0 Å². The lowest BCUT2D eigenvalue weighted by atomic mass is 10.1. The van der Waals surface area contributed by atoms with Gasteiger partial charge in [-0.15, -0.1) is 0 Å². The van der Waals surface area contributed by atoms with Crippen LogP contribution in [-0.4, -0.2) is 4.98 Å². The fourth-order valence-electron chi connectivity index (χ4n) is 1.50. The molecular weight excluding hydrogens is 243 g/mol. The average molecular weight is 253 g/mol. The van der Waals surface area contributed by atoms with E-state index in [0.717, 1.165) is 5.56 Å². The molecule has 5 heteroatoms. The first-order valence-corrected chi connectivity index (χ1v) is 5.39. The Kier molecular flexibility index (Phi) is 3.50. The van der Waals surface area contributed by atoms with Crippen LogP contribution in [0.2, 0.25) is 0 Å². The average Bonchev–Trinajstić information content (AvgIpc) is 2.36. The van der Waals surface area contributed by atoms with Crippen molar-refractivity contribution in [3.63, 3.8) is 0 Å². The standard InChI is InChI=1S/C13H10F3NO/c1-2-8-5-3-4-6-11(8)18-13-10(15)7-9(14)12(16)17-13/h3-7H,2H2,1H3. The Bertz CT molecular complexity index is 572. The summed E-state index contributed by atoms with van der Waals surface area (Å²) in [6.07, 6.45) is 0.668. The van der Waals surface area contributed by atoms with Crippen LogP contribution in [-0.2, 0) is 6.42 Å². The summed E-state index contributed by atoms with van der Waals surface area (Å²) < 4.78 is 44.2. The quantitative estimate of drug-likeness (QED) is 0.775. The maximum absolute atomic E-state index is 13.4. The third kappa shape index (κ3) is 2.45. The van der Waals surface area contributed by atoms with Crippen LogP contribution in [0.1, 0.15) is 12.5 Å². The molecule has 2 nitrogen and oxygen atoms in total. The zero-order valence-electron chi connectivity index (χ0n) is 9.58. The second kappa shape index (κ2) is 5.08. The molecule has 0 aliphatic rings. The zero-order chi connectivity index (χ0) is 13.1. The topological polar surface area (TPSA) is 22.1 Å². The van der Waals surface area contributed by atoms with Crippen molar-refractivity contribution in [3.05, 3.63) is 53.5 Å². The summed E-state index contributed by atoms with van der Waals surface area (Å²) in [5, 5.41) is 0. The first-order valence-electron chi connectivity index (χ1n) is 5.39. The molecule has 94 valence electrons. The highest BCUT2D eigenvalue weighted by Crippen LogP contribution is 2.26. The Morgan fingerprint density at radius 1 is 1.11 bits per heavy atom. The lowest BCUT2D eigenvalue weighted by Gasteiger charge is -2.09. The van der Waals surface area contributed by atoms with Gasteiger partial charge in [0.15, 0.2) is 11.6 Å². The molecule has 0 aliphatic heterocycles. The number of para-hydroxylation sites is 1. The highest BCUT2D eigenvalue weighted by atomic mass is 19.2. The SMILES string of the molecule is CCc1ccccc1Oc1nc(F)c(F)cc1F. The highest BCUT2D eigenvalue weighted by Gasteiger charge is 2.14. The number of rotatable bonds is 3. The van der Waals surface area contributed by atoms with Gasteiger partial charge in [0.25, 0.3) is 11.8 Å². The number of benzene rings is 1. The van der Waals surface area contributed by atoms with Gasteiger partial charge in [-0.05, 0) is 18.1 Å². The highest BCUT2D eigenvalue weighted by molar-refractivity contribution is 5.36. The molecule has 2 aromatic rings. The second-order valence-electron chi connectivity index (χ2n) is 3.61. The third-order valence-electron chi connectivity index (χ3n) is 2.41. The van der Waals surface area contributed by atoms with Crippen LogP contribution in [0.5, 0.6) is 11.6 Å². The fourth-order valence-corrected chi connectivity index (χ4v) is 1.50. The van der Waals surface area contributed by atoms with Crippen LogP contribution >= 0.6 is 0 Å². The van der Waals surface area contributed by atoms with Gasteiger partial charge < -0.3 is 4.74 Å². The third-order valence-corrected chi connectivity index (χ3v) is 2.41. The molecule has 2 rings (SSSR count). The van der Waals surface area contributed by atoms with Crippen LogP contribution in [0.4, 0.5) is 13.2 Å². The van der Waals surface area contributed by atoms with Crippen LogP contribution in [0.15, 0.2) is 30.3 Å². The van der Waals surface area contributed by atoms with E-state index >= 15 is 0 Å². The maximum atomic E-state index is 13.4. The largest absolute Gasteiger partial charge is 0.436 e. The van der Waals surface area contributed by atoms with E-state index in [-0.39, 0.29) is 0 Å². The molecule has 0 saturated carbocycles. The number of aromatic nitrogens is 1. The van der Waals surface area contributed by atoms with Crippen molar-refractivity contribution in [1.82, 2.24) is 4.98 Å². The van der Waals surface area contributed by atoms with E-state index in [4.69, 9.17) is 4.74 Å². The molecule has 0 radical (unpaired) electrons. The molecule has 0 spiro atoms. The molecule has 0 fully saturated rings. The molecule has 0 N–H and O–H groups in total. The summed E-state index contributed by atoms with van der Waals surface area (Å²) in [6.45, 7) is 1.90. The Labute approximate surface area is 102 Å². The Hall–Kier alpha value is -2.04. The van der Waals surface area contributed by atoms with Crippen molar-refractivity contribution < 1.29 is 17.9 Å². The van der Waals surface area contributed by atoms with E-state index in [0.29, 0.717) is 18.2 Å². The van der Waals surface area contributed by atoms with E-state index in [1.165, 1.54) is 0 Å². The summed E-state index contributed by atoms with van der Waals surface area (Å²) in [4.78, 5) is 3.10. The monoisotopic (exact) mass is 253 g/mol. The van der Waals surface area contributed by atoms with Crippen molar-refractivity contribution in [2.45, 2.75) is 13.3 Å². The number of nitrogens with zero attached hydrogens (tertiary/aromatic N) is 1. The molecule has 0 amide bonds. The number of ether oxygens (including phenoxy) is 1. The van der Waals surface area contributed by atoms with Crippen molar-refractivity contribution in [2.24, 2.45) is 0 Å². The molecular formula is C13H10F3NO. The van der Waals surface area contributed by atoms with Crippen LogP contribution in [0.25, 0.3) is 0 Å². The smallest absolute Gasteiger partial charge is 0.258 e. The maximum Gasteiger partial charge on any atom is 0.258 e. The summed E-state index contributed by atoms with van der Waals surface area (Å²) in [5.41, 5.74) is 0.823. The normalized spacial score (nSPS) is 10.4. The van der Waals surface area contributed by atoms with Gasteiger partial charge in [-0.3, -0.25) is 0 Å². The van der Waals surface area contributed by atoms with Crippen molar-refractivity contribution in [1.29, 1.82) is 0 Å². The van der Waals surface area contributed by atoms with Gasteiger partial charge in [-0.1, -0.05) is 25.1 Å². The minimum Gasteiger partial charge on any atom is -0.436 e. The molecule has 0 aliphatic carbocycles. The molecule has 0 bridgehead atoms. The van der Waals surface area contributed by atoms with Gasteiger partial charge in [-0.25, -0.2) is 8.78 Å². The molecule has 1 aromatic heterocycles. The van der Waals surface area contributed by atoms with E-state index in [1.54, 1.807) is 24.3 Å². The Morgan fingerprint density at radius 2 is 1.83 bits per heavy atom. The van der Waals surface area contributed by atoms with Crippen LogP contribution < -0.4 is 4.74 Å². The van der Waals surface area contributed by atoms with Gasteiger partial charge >= 0.3 is 0 Å². The van der Waals surface area contributed by atoms with Gasteiger partial charge in [-0.2, -0.15) is 9.37 Å². The van der Waals surface area contributed by atoms with Crippen molar-refractivity contribution in [3.8, 4) is 11.6 Å². The Balaban J connectivity index is 2.37. The first kappa shape index (κ1) is 12.4. The minimum absolute atomic E-state index is 0.373. The zero-order valence-corrected chi connectivity index (χ0v) is 9.58. The Morgan fingerprint density at radius 3 is 2.56 bits per heavy atom. The van der Waals surface area contributed by atoms with E-state index in [1.807, 2.05) is 6.92 Å². The molecule has 0 unspecified atom stereocenters. The van der Waals surface area contributed by atoms with E-state index in [2.05, 4.69) is 4.98 Å². The molecule has 0 saturated heterocycles. The number of pyridine rings is 1. The molecule has 18 heavy (non-hydrogen) atoms. The lowest BCUT2D eigenvalue weighted by molar-refractivity contribution is 0.385. The van der Waals surface area contributed by atoms with E-state index in [9.17, 15) is 13.2 Å².